The van der Waals surface area contributed by atoms with Crippen molar-refractivity contribution in [2.45, 2.75) is 39.3 Å². The summed E-state index contributed by atoms with van der Waals surface area (Å²) in [6.45, 7) is 4.80. The minimum absolute atomic E-state index is 0.0675. The van der Waals surface area contributed by atoms with Gasteiger partial charge in [-0.2, -0.15) is 0 Å². The third-order valence-corrected chi connectivity index (χ3v) is 5.95. The van der Waals surface area contributed by atoms with Crippen molar-refractivity contribution in [1.82, 2.24) is 9.55 Å². The van der Waals surface area contributed by atoms with Gasteiger partial charge in [0.05, 0.1) is 18.8 Å². The van der Waals surface area contributed by atoms with Crippen molar-refractivity contribution in [3.05, 3.63) is 75.4 Å². The third-order valence-electron chi connectivity index (χ3n) is 5.70. The summed E-state index contributed by atoms with van der Waals surface area (Å²) in [6, 6.07) is 11.5. The molecule has 1 aromatic heterocycles. The van der Waals surface area contributed by atoms with Crippen molar-refractivity contribution in [2.24, 2.45) is 5.92 Å². The first-order valence-electron chi connectivity index (χ1n) is 11.8. The second-order valence-corrected chi connectivity index (χ2v) is 9.26. The Balaban J connectivity index is 1.64. The molecular formula is C26H28ClFN4O4. The Morgan fingerprint density at radius 3 is 2.61 bits per heavy atom. The van der Waals surface area contributed by atoms with E-state index in [0.29, 0.717) is 36.8 Å². The number of amides is 1. The van der Waals surface area contributed by atoms with Crippen LogP contribution in [0.15, 0.2) is 53.5 Å². The Labute approximate surface area is 213 Å². The molecule has 1 aliphatic rings. The Morgan fingerprint density at radius 1 is 1.22 bits per heavy atom. The zero-order valence-corrected chi connectivity index (χ0v) is 20.8. The molecule has 1 fully saturated rings. The second kappa shape index (κ2) is 11.5. The van der Waals surface area contributed by atoms with Crippen LogP contribution in [0.4, 0.5) is 21.7 Å². The van der Waals surface area contributed by atoms with E-state index in [1.54, 1.807) is 30.3 Å². The predicted molar refractivity (Wildman–Crippen MR) is 137 cm³/mol. The number of benzene rings is 2. The van der Waals surface area contributed by atoms with Crippen LogP contribution in [0.1, 0.15) is 32.3 Å². The lowest BCUT2D eigenvalue weighted by Crippen LogP contribution is -2.33. The van der Waals surface area contributed by atoms with E-state index in [4.69, 9.17) is 21.1 Å². The molecule has 1 amide bonds. The Morgan fingerprint density at radius 2 is 1.94 bits per heavy atom. The number of hydrogen-bond acceptors (Lipinski definition) is 6. The largest absolute Gasteiger partial charge is 0.488 e. The van der Waals surface area contributed by atoms with Gasteiger partial charge in [-0.15, -0.1) is 0 Å². The number of rotatable bonds is 8. The van der Waals surface area contributed by atoms with Gasteiger partial charge >= 0.3 is 0 Å². The van der Waals surface area contributed by atoms with E-state index in [-0.39, 0.29) is 41.9 Å². The minimum atomic E-state index is -0.541. The highest BCUT2D eigenvalue weighted by Crippen LogP contribution is 2.25. The molecule has 2 heterocycles. The highest BCUT2D eigenvalue weighted by Gasteiger charge is 2.23. The van der Waals surface area contributed by atoms with Crippen LogP contribution in [0.5, 0.6) is 5.75 Å². The van der Waals surface area contributed by atoms with Gasteiger partial charge in [-0.3, -0.25) is 14.2 Å². The maximum atomic E-state index is 14.5. The molecule has 0 atom stereocenters. The van der Waals surface area contributed by atoms with Crippen LogP contribution < -0.4 is 20.9 Å². The number of carbonyl (C=O) groups is 1. The summed E-state index contributed by atoms with van der Waals surface area (Å²) in [6.07, 6.45) is 2.33. The molecule has 36 heavy (non-hydrogen) atoms. The topological polar surface area (TPSA) is 94.5 Å². The quantitative estimate of drug-likeness (QED) is 0.440. The fourth-order valence-electron chi connectivity index (χ4n) is 3.85. The highest BCUT2D eigenvalue weighted by molar-refractivity contribution is 6.30. The van der Waals surface area contributed by atoms with Crippen molar-refractivity contribution in [1.29, 1.82) is 0 Å². The molecule has 190 valence electrons. The summed E-state index contributed by atoms with van der Waals surface area (Å²) in [7, 11) is 0. The zero-order valence-electron chi connectivity index (χ0n) is 20.1. The van der Waals surface area contributed by atoms with Crippen molar-refractivity contribution in [2.75, 3.05) is 23.8 Å². The van der Waals surface area contributed by atoms with E-state index >= 15 is 0 Å². The van der Waals surface area contributed by atoms with Crippen LogP contribution in [-0.2, 0) is 16.1 Å². The van der Waals surface area contributed by atoms with Crippen molar-refractivity contribution >= 4 is 34.8 Å². The number of carbonyl (C=O) groups excluding carboxylic acids is 1. The van der Waals surface area contributed by atoms with E-state index < -0.39 is 11.4 Å². The molecule has 10 heteroatoms. The van der Waals surface area contributed by atoms with E-state index in [0.717, 1.165) is 5.56 Å². The van der Waals surface area contributed by atoms with Crippen molar-refractivity contribution < 1.29 is 18.7 Å². The number of nitrogens with zero attached hydrogens (tertiary/aromatic N) is 2. The maximum Gasteiger partial charge on any atom is 0.279 e. The molecule has 0 aliphatic carbocycles. The number of nitrogens with one attached hydrogen (secondary N) is 2. The number of hydrogen-bond donors (Lipinski definition) is 2. The molecule has 0 unspecified atom stereocenters. The van der Waals surface area contributed by atoms with Gasteiger partial charge in [0.2, 0.25) is 11.9 Å². The Hall–Kier alpha value is -3.43. The predicted octanol–water partition coefficient (Wildman–Crippen LogP) is 4.98. The summed E-state index contributed by atoms with van der Waals surface area (Å²) in [5.41, 5.74) is 0.812. The summed E-state index contributed by atoms with van der Waals surface area (Å²) < 4.78 is 26.7. The van der Waals surface area contributed by atoms with Crippen molar-refractivity contribution in [3.63, 3.8) is 0 Å². The van der Waals surface area contributed by atoms with E-state index in [1.807, 2.05) is 13.8 Å². The second-order valence-electron chi connectivity index (χ2n) is 8.83. The molecule has 2 N–H and O–H groups in total. The van der Waals surface area contributed by atoms with E-state index in [9.17, 15) is 14.0 Å². The average Bonchev–Trinajstić information content (AvgIpc) is 2.86. The number of ether oxygens (including phenoxy) is 2. The van der Waals surface area contributed by atoms with Crippen LogP contribution in [0.25, 0.3) is 0 Å². The van der Waals surface area contributed by atoms with Crippen LogP contribution >= 0.6 is 11.6 Å². The van der Waals surface area contributed by atoms with Gasteiger partial charge in [-0.25, -0.2) is 9.37 Å². The van der Waals surface area contributed by atoms with Gasteiger partial charge in [0, 0.05) is 35.9 Å². The maximum absolute atomic E-state index is 14.5. The smallest absolute Gasteiger partial charge is 0.279 e. The molecule has 0 saturated carbocycles. The third kappa shape index (κ3) is 6.41. The molecule has 0 radical (unpaired) electrons. The summed E-state index contributed by atoms with van der Waals surface area (Å²) in [4.78, 5) is 30.5. The molecule has 3 aromatic rings. The fraction of sp³-hybridized carbons (Fsp3) is 0.346. The van der Waals surface area contributed by atoms with Crippen LogP contribution in [-0.4, -0.2) is 34.8 Å². The van der Waals surface area contributed by atoms with Gasteiger partial charge in [-0.05, 0) is 56.5 Å². The monoisotopic (exact) mass is 514 g/mol. The number of aromatic nitrogens is 2. The molecular weight excluding hydrogens is 487 g/mol. The minimum Gasteiger partial charge on any atom is -0.488 e. The molecule has 1 aliphatic heterocycles. The Kier molecular flexibility index (Phi) is 8.22. The normalized spacial score (nSPS) is 14.0. The van der Waals surface area contributed by atoms with Crippen molar-refractivity contribution in [3.8, 4) is 5.75 Å². The molecule has 0 spiro atoms. The lowest BCUT2D eigenvalue weighted by atomic mass is 9.99. The lowest BCUT2D eigenvalue weighted by Gasteiger charge is -2.21. The molecule has 0 bridgehead atoms. The Bertz CT molecular complexity index is 1270. The molecule has 1 saturated heterocycles. The standard InChI is InChI=1S/C26H28ClFN4O4/c1-16(2)36-23-8-7-20(13-21(23)28)30-26-29-14-22(31-24(33)18-9-11-35-12-10-18)25(34)32(26)15-17-3-5-19(27)6-4-17/h3-8,13-14,16,18H,9-12,15H2,1-2H3,(H,29,30)(H,31,33). The number of anilines is 3. The SMILES string of the molecule is CC(C)Oc1ccc(Nc2ncc(NC(=O)C3CCOCC3)c(=O)n2Cc2ccc(Cl)cc2)cc1F. The van der Waals surface area contributed by atoms with E-state index in [2.05, 4.69) is 15.6 Å². The first kappa shape index (κ1) is 25.7. The fourth-order valence-corrected chi connectivity index (χ4v) is 3.97. The summed E-state index contributed by atoms with van der Waals surface area (Å²) >= 11 is 6.00. The van der Waals surface area contributed by atoms with Gasteiger partial charge in [0.1, 0.15) is 5.69 Å². The van der Waals surface area contributed by atoms with Crippen LogP contribution in [0.3, 0.4) is 0 Å². The first-order valence-corrected chi connectivity index (χ1v) is 12.1. The van der Waals surface area contributed by atoms with Crippen LogP contribution in [0.2, 0.25) is 5.02 Å². The summed E-state index contributed by atoms with van der Waals surface area (Å²) in [5.74, 6) is -0.682. The van der Waals surface area contributed by atoms with Gasteiger partial charge in [0.15, 0.2) is 11.6 Å². The lowest BCUT2D eigenvalue weighted by molar-refractivity contribution is -0.122. The first-order chi connectivity index (χ1) is 17.3. The van der Waals surface area contributed by atoms with E-state index in [1.165, 1.54) is 22.9 Å². The van der Waals surface area contributed by atoms with Gasteiger partial charge in [-0.1, -0.05) is 23.7 Å². The van der Waals surface area contributed by atoms with Gasteiger partial charge < -0.3 is 20.1 Å². The molecule has 2 aromatic carbocycles. The molecule has 4 rings (SSSR count). The average molecular weight is 515 g/mol. The van der Waals surface area contributed by atoms with Gasteiger partial charge in [0.25, 0.3) is 5.56 Å². The van der Waals surface area contributed by atoms with Crippen LogP contribution in [0, 0.1) is 11.7 Å². The summed E-state index contributed by atoms with van der Waals surface area (Å²) in [5, 5.41) is 6.31. The molecule has 8 nitrogen and oxygen atoms in total. The number of halogens is 2. The highest BCUT2D eigenvalue weighted by atomic mass is 35.5. The zero-order chi connectivity index (χ0) is 25.7.